The average Bonchev–Trinajstić information content (AvgIpc) is 3.42. The van der Waals surface area contributed by atoms with Crippen LogP contribution < -0.4 is 15.4 Å². The number of methoxy groups -OCH3 is 1. The van der Waals surface area contributed by atoms with Crippen LogP contribution in [0.25, 0.3) is 0 Å². The standard InChI is InChI=1S/C22H21N3O2S/c1-26-19-11-9-17(10-12-19)24-22-25-18(15-28-22)14-23-21(20-8-5-13-27-20)16-6-3-2-4-7-16/h2-13,15,21,23H,14H2,1H3,(H,24,25)/t21-/m0/s1. The lowest BCUT2D eigenvalue weighted by Gasteiger charge is -2.16. The zero-order valence-corrected chi connectivity index (χ0v) is 16.3. The minimum Gasteiger partial charge on any atom is -0.497 e. The Morgan fingerprint density at radius 1 is 1.04 bits per heavy atom. The minimum absolute atomic E-state index is 0.0177. The van der Waals surface area contributed by atoms with E-state index in [-0.39, 0.29) is 6.04 Å². The van der Waals surface area contributed by atoms with Crippen LogP contribution in [0.3, 0.4) is 0 Å². The molecule has 0 bridgehead atoms. The summed E-state index contributed by atoms with van der Waals surface area (Å²) in [5.74, 6) is 1.72. The van der Waals surface area contributed by atoms with Crippen molar-refractivity contribution >= 4 is 22.2 Å². The van der Waals surface area contributed by atoms with Gasteiger partial charge in [0.25, 0.3) is 0 Å². The first kappa shape index (κ1) is 18.3. The van der Waals surface area contributed by atoms with Crippen molar-refractivity contribution in [1.82, 2.24) is 10.3 Å². The van der Waals surface area contributed by atoms with Crippen molar-refractivity contribution in [2.24, 2.45) is 0 Å². The third-order valence-electron chi connectivity index (χ3n) is 4.34. The molecule has 4 rings (SSSR count). The molecule has 1 atom stereocenters. The van der Waals surface area contributed by atoms with E-state index < -0.39 is 0 Å². The van der Waals surface area contributed by atoms with Crippen molar-refractivity contribution in [3.8, 4) is 5.75 Å². The predicted molar refractivity (Wildman–Crippen MR) is 112 cm³/mol. The highest BCUT2D eigenvalue weighted by atomic mass is 32.1. The molecular weight excluding hydrogens is 370 g/mol. The minimum atomic E-state index is -0.0177. The Morgan fingerprint density at radius 3 is 2.57 bits per heavy atom. The molecule has 0 saturated carbocycles. The Balaban J connectivity index is 1.42. The summed E-state index contributed by atoms with van der Waals surface area (Å²) in [6, 6.07) is 21.9. The number of furan rings is 1. The number of ether oxygens (including phenoxy) is 1. The third-order valence-corrected chi connectivity index (χ3v) is 5.15. The number of hydrogen-bond donors (Lipinski definition) is 2. The second-order valence-electron chi connectivity index (χ2n) is 6.24. The molecule has 0 unspecified atom stereocenters. The predicted octanol–water partition coefficient (Wildman–Crippen LogP) is 5.37. The molecule has 28 heavy (non-hydrogen) atoms. The molecule has 0 aliphatic rings. The molecule has 0 fully saturated rings. The summed E-state index contributed by atoms with van der Waals surface area (Å²) in [5, 5.41) is 9.80. The first-order chi connectivity index (χ1) is 13.8. The summed E-state index contributed by atoms with van der Waals surface area (Å²) in [4.78, 5) is 4.68. The smallest absolute Gasteiger partial charge is 0.187 e. The van der Waals surface area contributed by atoms with Gasteiger partial charge in [0.05, 0.1) is 25.1 Å². The van der Waals surface area contributed by atoms with Crippen molar-refractivity contribution in [1.29, 1.82) is 0 Å². The van der Waals surface area contributed by atoms with Crippen LogP contribution in [0.2, 0.25) is 0 Å². The number of benzene rings is 2. The molecule has 0 aliphatic heterocycles. The Hall–Kier alpha value is -3.09. The normalized spacial score (nSPS) is 11.9. The molecule has 0 spiro atoms. The van der Waals surface area contributed by atoms with Gasteiger partial charge in [-0.1, -0.05) is 30.3 Å². The summed E-state index contributed by atoms with van der Waals surface area (Å²) in [7, 11) is 1.66. The molecule has 2 aromatic heterocycles. The van der Waals surface area contributed by atoms with E-state index in [0.717, 1.165) is 33.6 Å². The van der Waals surface area contributed by atoms with E-state index in [1.807, 2.05) is 54.6 Å². The largest absolute Gasteiger partial charge is 0.497 e. The Bertz CT molecular complexity index is 982. The van der Waals surface area contributed by atoms with Gasteiger partial charge in [-0.3, -0.25) is 5.32 Å². The van der Waals surface area contributed by atoms with Crippen LogP contribution in [0.4, 0.5) is 10.8 Å². The van der Waals surface area contributed by atoms with Gasteiger partial charge in [0.15, 0.2) is 5.13 Å². The van der Waals surface area contributed by atoms with E-state index in [4.69, 9.17) is 9.15 Å². The van der Waals surface area contributed by atoms with Gasteiger partial charge in [0, 0.05) is 17.6 Å². The van der Waals surface area contributed by atoms with E-state index in [1.54, 1.807) is 24.7 Å². The van der Waals surface area contributed by atoms with Crippen molar-refractivity contribution in [2.75, 3.05) is 12.4 Å². The van der Waals surface area contributed by atoms with Crippen LogP contribution in [0.1, 0.15) is 23.1 Å². The van der Waals surface area contributed by atoms with Crippen LogP contribution >= 0.6 is 11.3 Å². The molecule has 142 valence electrons. The van der Waals surface area contributed by atoms with E-state index in [9.17, 15) is 0 Å². The zero-order chi connectivity index (χ0) is 19.2. The molecule has 5 nitrogen and oxygen atoms in total. The molecule has 2 N–H and O–H groups in total. The van der Waals surface area contributed by atoms with Crippen LogP contribution in [0.5, 0.6) is 5.75 Å². The number of anilines is 2. The number of thiazole rings is 1. The molecule has 4 aromatic rings. The van der Waals surface area contributed by atoms with Crippen LogP contribution in [0.15, 0.2) is 82.8 Å². The van der Waals surface area contributed by atoms with Gasteiger partial charge in [-0.25, -0.2) is 4.98 Å². The van der Waals surface area contributed by atoms with E-state index in [1.165, 1.54) is 0 Å². The summed E-state index contributed by atoms with van der Waals surface area (Å²) in [6.07, 6.45) is 1.70. The van der Waals surface area contributed by atoms with Crippen molar-refractivity contribution in [2.45, 2.75) is 12.6 Å². The lowest BCUT2D eigenvalue weighted by molar-refractivity contribution is 0.415. The quantitative estimate of drug-likeness (QED) is 0.423. The highest BCUT2D eigenvalue weighted by molar-refractivity contribution is 7.13. The Kier molecular flexibility index (Phi) is 5.70. The summed E-state index contributed by atoms with van der Waals surface area (Å²) in [6.45, 7) is 0.640. The molecule has 0 radical (unpaired) electrons. The molecule has 0 amide bonds. The van der Waals surface area contributed by atoms with Crippen molar-refractivity contribution in [3.05, 3.63) is 95.4 Å². The fraction of sp³-hybridized carbons (Fsp3) is 0.136. The highest BCUT2D eigenvalue weighted by Crippen LogP contribution is 2.25. The van der Waals surface area contributed by atoms with Gasteiger partial charge >= 0.3 is 0 Å². The van der Waals surface area contributed by atoms with Gasteiger partial charge in [-0.2, -0.15) is 0 Å². The second-order valence-corrected chi connectivity index (χ2v) is 7.10. The number of nitrogens with one attached hydrogen (secondary N) is 2. The van der Waals surface area contributed by atoms with E-state index in [2.05, 4.69) is 33.1 Å². The lowest BCUT2D eigenvalue weighted by atomic mass is 10.0. The lowest BCUT2D eigenvalue weighted by Crippen LogP contribution is -2.21. The second kappa shape index (κ2) is 8.73. The molecule has 0 saturated heterocycles. The first-order valence-corrected chi connectivity index (χ1v) is 9.87. The summed E-state index contributed by atoms with van der Waals surface area (Å²) < 4.78 is 10.8. The van der Waals surface area contributed by atoms with Gasteiger partial charge in [0.1, 0.15) is 11.5 Å². The topological polar surface area (TPSA) is 59.3 Å². The van der Waals surface area contributed by atoms with Crippen LogP contribution in [0, 0.1) is 0 Å². The van der Waals surface area contributed by atoms with E-state index in [0.29, 0.717) is 6.54 Å². The van der Waals surface area contributed by atoms with Gasteiger partial charge in [0.2, 0.25) is 0 Å². The third kappa shape index (κ3) is 4.42. The highest BCUT2D eigenvalue weighted by Gasteiger charge is 2.16. The summed E-state index contributed by atoms with van der Waals surface area (Å²) >= 11 is 1.58. The van der Waals surface area contributed by atoms with Crippen LogP contribution in [-0.2, 0) is 6.54 Å². The molecular formula is C22H21N3O2S. The Labute approximate surface area is 168 Å². The zero-order valence-electron chi connectivity index (χ0n) is 15.5. The Morgan fingerprint density at radius 2 is 1.86 bits per heavy atom. The fourth-order valence-corrected chi connectivity index (χ4v) is 3.66. The van der Waals surface area contributed by atoms with Crippen molar-refractivity contribution < 1.29 is 9.15 Å². The number of hydrogen-bond acceptors (Lipinski definition) is 6. The fourth-order valence-electron chi connectivity index (χ4n) is 2.93. The SMILES string of the molecule is COc1ccc(Nc2nc(CN[C@@H](c3ccccc3)c3ccco3)cs2)cc1. The first-order valence-electron chi connectivity index (χ1n) is 8.99. The monoisotopic (exact) mass is 391 g/mol. The number of rotatable bonds is 8. The molecule has 2 heterocycles. The van der Waals surface area contributed by atoms with Crippen LogP contribution in [-0.4, -0.2) is 12.1 Å². The average molecular weight is 391 g/mol. The maximum atomic E-state index is 5.64. The van der Waals surface area contributed by atoms with Gasteiger partial charge in [-0.15, -0.1) is 11.3 Å². The van der Waals surface area contributed by atoms with Gasteiger partial charge in [-0.05, 0) is 42.0 Å². The van der Waals surface area contributed by atoms with Gasteiger partial charge < -0.3 is 14.5 Å². The maximum Gasteiger partial charge on any atom is 0.187 e. The molecule has 0 aliphatic carbocycles. The number of nitrogens with zero attached hydrogens (tertiary/aromatic N) is 1. The van der Waals surface area contributed by atoms with Crippen molar-refractivity contribution in [3.63, 3.8) is 0 Å². The van der Waals surface area contributed by atoms with E-state index >= 15 is 0 Å². The molecule has 6 heteroatoms. The summed E-state index contributed by atoms with van der Waals surface area (Å²) in [5.41, 5.74) is 3.12. The molecule has 2 aromatic carbocycles. The number of aromatic nitrogens is 1. The maximum absolute atomic E-state index is 5.64.